The zero-order valence-corrected chi connectivity index (χ0v) is 10.4. The number of nitrogens with one attached hydrogen (secondary N) is 1. The molecule has 0 radical (unpaired) electrons. The summed E-state index contributed by atoms with van der Waals surface area (Å²) in [5, 5.41) is 0. The number of rotatable bonds is 2. The topological polar surface area (TPSA) is 92.2 Å². The molecular formula is C11H12FN3O4. The van der Waals surface area contributed by atoms with Gasteiger partial charge in [0.15, 0.2) is 0 Å². The third kappa shape index (κ3) is 2.84. The lowest BCUT2D eigenvalue weighted by molar-refractivity contribution is -0.124. The van der Waals surface area contributed by atoms with Gasteiger partial charge in [0.1, 0.15) is 0 Å². The van der Waals surface area contributed by atoms with Crippen LogP contribution in [0.2, 0.25) is 0 Å². The highest BCUT2D eigenvalue weighted by molar-refractivity contribution is 6.03. The molecule has 0 aliphatic heterocycles. The lowest BCUT2D eigenvalue weighted by Crippen LogP contribution is -2.45. The summed E-state index contributed by atoms with van der Waals surface area (Å²) < 4.78 is 13.4. The van der Waals surface area contributed by atoms with Crippen molar-refractivity contribution in [3.63, 3.8) is 0 Å². The van der Waals surface area contributed by atoms with E-state index in [0.717, 1.165) is 0 Å². The quantitative estimate of drug-likeness (QED) is 0.769. The van der Waals surface area contributed by atoms with Crippen LogP contribution in [-0.2, 0) is 4.79 Å². The number of carbonyl (C=O) groups excluding carboxylic acids is 2. The minimum atomic E-state index is -1.30. The van der Waals surface area contributed by atoms with Crippen LogP contribution in [-0.4, -0.2) is 32.9 Å². The van der Waals surface area contributed by atoms with Crippen LogP contribution in [0.15, 0.2) is 27.9 Å². The maximum Gasteiger partial charge on any atom is 0.339 e. The lowest BCUT2D eigenvalue weighted by Gasteiger charge is -2.19. The largest absolute Gasteiger partial charge is 0.339 e. The van der Waals surface area contributed by atoms with Crippen molar-refractivity contribution in [1.29, 1.82) is 0 Å². The van der Waals surface area contributed by atoms with Crippen molar-refractivity contribution in [3.05, 3.63) is 45.0 Å². The highest BCUT2D eigenvalue weighted by atomic mass is 19.1. The van der Waals surface area contributed by atoms with E-state index < -0.39 is 29.0 Å². The number of aromatic nitrogens is 2. The molecule has 2 amide bonds. The van der Waals surface area contributed by atoms with Gasteiger partial charge in [0, 0.05) is 12.1 Å². The number of hydrogen-bond donors (Lipinski definition) is 1. The van der Waals surface area contributed by atoms with E-state index in [1.54, 1.807) is 4.98 Å². The maximum atomic E-state index is 13.1. The molecule has 1 heterocycles. The van der Waals surface area contributed by atoms with Crippen molar-refractivity contribution >= 4 is 11.9 Å². The molecule has 102 valence electrons. The highest BCUT2D eigenvalue weighted by Crippen LogP contribution is 2.01. The van der Waals surface area contributed by atoms with Crippen LogP contribution < -0.4 is 11.2 Å². The number of likely N-dealkylation sites (N-methyl/N-ethyl adjacent to an activating group) is 1. The van der Waals surface area contributed by atoms with Crippen LogP contribution in [0.25, 0.3) is 0 Å². The zero-order chi connectivity index (χ0) is 14.7. The molecule has 1 N–H and O–H groups in total. The molecular weight excluding hydrogens is 257 g/mol. The molecule has 0 aliphatic carbocycles. The van der Waals surface area contributed by atoms with Crippen molar-refractivity contribution in [2.24, 2.45) is 0 Å². The summed E-state index contributed by atoms with van der Waals surface area (Å²) >= 11 is 0. The van der Waals surface area contributed by atoms with Crippen LogP contribution in [0.1, 0.15) is 13.8 Å². The average molecular weight is 269 g/mol. The normalized spacial score (nSPS) is 10.1. The fourth-order valence-electron chi connectivity index (χ4n) is 1.32. The Balaban J connectivity index is 3.30. The first-order valence-electron chi connectivity index (χ1n) is 5.32. The summed E-state index contributed by atoms with van der Waals surface area (Å²) in [6.45, 7) is 6.26. The predicted octanol–water partition coefficient (Wildman–Crippen LogP) is 0.0684. The summed E-state index contributed by atoms with van der Waals surface area (Å²) in [5.41, 5.74) is -2.26. The molecule has 7 nitrogen and oxygen atoms in total. The van der Waals surface area contributed by atoms with Gasteiger partial charge in [-0.2, -0.15) is 4.39 Å². The van der Waals surface area contributed by atoms with Gasteiger partial charge >= 0.3 is 11.7 Å². The molecule has 0 aliphatic rings. The van der Waals surface area contributed by atoms with Crippen molar-refractivity contribution in [1.82, 2.24) is 14.5 Å². The van der Waals surface area contributed by atoms with Gasteiger partial charge in [-0.1, -0.05) is 6.58 Å². The number of imide groups is 1. The monoisotopic (exact) mass is 269 g/mol. The van der Waals surface area contributed by atoms with E-state index in [2.05, 4.69) is 6.58 Å². The van der Waals surface area contributed by atoms with Gasteiger partial charge in [0.05, 0.1) is 6.20 Å². The number of H-pyrrole nitrogens is 1. The van der Waals surface area contributed by atoms with Crippen LogP contribution >= 0.6 is 0 Å². The number of halogens is 1. The summed E-state index contributed by atoms with van der Waals surface area (Å²) in [6, 6.07) is -1.06. The number of amides is 2. The molecule has 0 spiro atoms. The minimum absolute atomic E-state index is 0.0300. The zero-order valence-electron chi connectivity index (χ0n) is 10.4. The van der Waals surface area contributed by atoms with E-state index in [0.29, 0.717) is 15.7 Å². The first-order valence-corrected chi connectivity index (χ1v) is 5.32. The van der Waals surface area contributed by atoms with Gasteiger partial charge < -0.3 is 0 Å². The smallest absolute Gasteiger partial charge is 0.271 e. The second-order valence-electron chi connectivity index (χ2n) is 3.72. The first-order chi connectivity index (χ1) is 8.79. The molecule has 1 aromatic rings. The van der Waals surface area contributed by atoms with Crippen LogP contribution in [0.4, 0.5) is 9.18 Å². The summed E-state index contributed by atoms with van der Waals surface area (Å²) in [5.74, 6) is -1.99. The molecule has 8 heteroatoms. The SMILES string of the molecule is C=C(C)C(=O)N(CC)C(=O)n1cc(F)c(=O)[nH]c1=O. The van der Waals surface area contributed by atoms with E-state index in [1.165, 1.54) is 13.8 Å². The van der Waals surface area contributed by atoms with Gasteiger partial charge in [-0.15, -0.1) is 0 Å². The van der Waals surface area contributed by atoms with E-state index in [1.807, 2.05) is 0 Å². The van der Waals surface area contributed by atoms with Gasteiger partial charge in [-0.25, -0.2) is 14.2 Å². The number of aromatic amines is 1. The molecule has 0 fully saturated rings. The van der Waals surface area contributed by atoms with Crippen LogP contribution in [0.5, 0.6) is 0 Å². The van der Waals surface area contributed by atoms with Crippen molar-refractivity contribution in [3.8, 4) is 0 Å². The molecule has 0 aromatic carbocycles. The van der Waals surface area contributed by atoms with Gasteiger partial charge in [0.25, 0.3) is 11.5 Å². The van der Waals surface area contributed by atoms with Gasteiger partial charge in [-0.3, -0.25) is 19.5 Å². The molecule has 0 bridgehead atoms. The fourth-order valence-corrected chi connectivity index (χ4v) is 1.32. The minimum Gasteiger partial charge on any atom is -0.271 e. The molecule has 0 atom stereocenters. The average Bonchev–Trinajstić information content (AvgIpc) is 2.34. The second kappa shape index (κ2) is 5.42. The van der Waals surface area contributed by atoms with E-state index in [4.69, 9.17) is 0 Å². The maximum absolute atomic E-state index is 13.1. The number of nitrogens with zero attached hydrogens (tertiary/aromatic N) is 2. The van der Waals surface area contributed by atoms with Gasteiger partial charge in [0.2, 0.25) is 5.82 Å². The Morgan fingerprint density at radius 1 is 1.47 bits per heavy atom. The third-order valence-corrected chi connectivity index (χ3v) is 2.26. The van der Waals surface area contributed by atoms with Gasteiger partial charge in [-0.05, 0) is 13.8 Å². The first kappa shape index (κ1) is 14.6. The van der Waals surface area contributed by atoms with Crippen molar-refractivity contribution < 1.29 is 14.0 Å². The van der Waals surface area contributed by atoms with Crippen molar-refractivity contribution in [2.75, 3.05) is 6.54 Å². The Bertz CT molecular complexity index is 659. The van der Waals surface area contributed by atoms with E-state index in [9.17, 15) is 23.6 Å². The fraction of sp³-hybridized carbons (Fsp3) is 0.273. The second-order valence-corrected chi connectivity index (χ2v) is 3.72. The van der Waals surface area contributed by atoms with E-state index >= 15 is 0 Å². The molecule has 1 rings (SSSR count). The van der Waals surface area contributed by atoms with Crippen molar-refractivity contribution in [2.45, 2.75) is 13.8 Å². The summed E-state index contributed by atoms with van der Waals surface area (Å²) in [6.07, 6.45) is 0.442. The highest BCUT2D eigenvalue weighted by Gasteiger charge is 2.23. The molecule has 0 unspecified atom stereocenters. The Morgan fingerprint density at radius 2 is 2.05 bits per heavy atom. The third-order valence-electron chi connectivity index (χ3n) is 2.26. The summed E-state index contributed by atoms with van der Waals surface area (Å²) in [7, 11) is 0. The molecule has 19 heavy (non-hydrogen) atoms. The van der Waals surface area contributed by atoms with Crippen LogP contribution in [0.3, 0.4) is 0 Å². The molecule has 1 aromatic heterocycles. The number of carbonyl (C=O) groups is 2. The Labute approximate surface area is 107 Å². The predicted molar refractivity (Wildman–Crippen MR) is 64.3 cm³/mol. The Morgan fingerprint density at radius 3 is 2.53 bits per heavy atom. The number of hydrogen-bond acceptors (Lipinski definition) is 4. The molecule has 0 saturated carbocycles. The Kier molecular flexibility index (Phi) is 4.15. The van der Waals surface area contributed by atoms with E-state index in [-0.39, 0.29) is 12.1 Å². The molecule has 0 saturated heterocycles. The standard InChI is InChI=1S/C11H12FN3O4/c1-4-14(9(17)6(2)3)11(19)15-5-7(12)8(16)13-10(15)18/h5H,2,4H2,1,3H3,(H,13,16,18). The Hall–Kier alpha value is -2.51. The van der Waals surface area contributed by atoms with Crippen LogP contribution in [0, 0.1) is 5.82 Å². The lowest BCUT2D eigenvalue weighted by atomic mass is 10.3. The summed E-state index contributed by atoms with van der Waals surface area (Å²) in [4.78, 5) is 48.2.